The number of nitrogens with zero attached hydrogens (tertiary/aromatic N) is 2. The summed E-state index contributed by atoms with van der Waals surface area (Å²) in [7, 11) is 1.59. The smallest absolute Gasteiger partial charge is 0.306 e. The monoisotopic (exact) mass is 550 g/mol. The number of aliphatic carboxylic acids is 1. The van der Waals surface area contributed by atoms with Gasteiger partial charge in [-0.25, -0.2) is 0 Å². The van der Waals surface area contributed by atoms with Crippen molar-refractivity contribution < 1.29 is 33.7 Å². The van der Waals surface area contributed by atoms with E-state index in [1.54, 1.807) is 7.11 Å². The summed E-state index contributed by atoms with van der Waals surface area (Å²) in [5.41, 5.74) is 3.50. The lowest BCUT2D eigenvalue weighted by molar-refractivity contribution is -0.142. The van der Waals surface area contributed by atoms with Crippen LogP contribution in [0.25, 0.3) is 0 Å². The number of hydrogen-bond acceptors (Lipinski definition) is 7. The van der Waals surface area contributed by atoms with Crippen LogP contribution in [0, 0.1) is 11.8 Å². The molecule has 1 saturated carbocycles. The van der Waals surface area contributed by atoms with Gasteiger partial charge in [-0.05, 0) is 67.0 Å². The van der Waals surface area contributed by atoms with E-state index >= 15 is 0 Å². The van der Waals surface area contributed by atoms with Gasteiger partial charge in [0.25, 0.3) is 0 Å². The number of carboxylic acid groups (broad SMARTS) is 1. The van der Waals surface area contributed by atoms with Crippen LogP contribution in [0.15, 0.2) is 36.4 Å². The number of carbonyl (C=O) groups excluding carboxylic acids is 2. The Bertz CT molecular complexity index is 1250. The third kappa shape index (κ3) is 6.25. The topological polar surface area (TPSA) is 106 Å². The molecule has 214 valence electrons. The normalized spacial score (nSPS) is 21.0. The first kappa shape index (κ1) is 28.0. The van der Waals surface area contributed by atoms with E-state index in [1.807, 2.05) is 18.2 Å². The highest BCUT2D eigenvalue weighted by Gasteiger charge is 2.32. The van der Waals surface area contributed by atoms with Crippen LogP contribution in [0.2, 0.25) is 0 Å². The lowest BCUT2D eigenvalue weighted by Crippen LogP contribution is -2.33. The molecule has 3 atom stereocenters. The van der Waals surface area contributed by atoms with Gasteiger partial charge in [-0.3, -0.25) is 24.2 Å². The molecule has 2 fully saturated rings. The molecule has 2 amide bonds. The van der Waals surface area contributed by atoms with Gasteiger partial charge in [-0.1, -0.05) is 18.2 Å². The SMILES string of the molecule is COc1cc(CN(C[C@H]2CC[C@@H](C(=O)O)C2)C(C)c2ccc3c(c2)CCO3)ccc1OCCN1C(=O)CCC1=O. The molecule has 9 heteroatoms. The molecule has 9 nitrogen and oxygen atoms in total. The van der Waals surface area contributed by atoms with Crippen molar-refractivity contribution in [1.82, 2.24) is 9.80 Å². The Morgan fingerprint density at radius 1 is 1.10 bits per heavy atom. The van der Waals surface area contributed by atoms with Gasteiger partial charge in [0.15, 0.2) is 11.5 Å². The molecule has 0 bridgehead atoms. The lowest BCUT2D eigenvalue weighted by Gasteiger charge is -2.32. The summed E-state index contributed by atoms with van der Waals surface area (Å²) in [4.78, 5) is 39.0. The molecular weight excluding hydrogens is 512 g/mol. The number of carboxylic acids is 1. The summed E-state index contributed by atoms with van der Waals surface area (Å²) >= 11 is 0. The van der Waals surface area contributed by atoms with Crippen LogP contribution >= 0.6 is 0 Å². The Labute approximate surface area is 235 Å². The Kier molecular flexibility index (Phi) is 8.59. The van der Waals surface area contributed by atoms with Crippen LogP contribution in [-0.2, 0) is 27.3 Å². The number of likely N-dealkylation sites (tertiary alicyclic amines) is 1. The number of benzene rings is 2. The second-order valence-electron chi connectivity index (χ2n) is 11.1. The predicted octanol–water partition coefficient (Wildman–Crippen LogP) is 4.22. The molecule has 1 saturated heterocycles. The second kappa shape index (κ2) is 12.3. The molecule has 2 aromatic carbocycles. The van der Waals surface area contributed by atoms with Gasteiger partial charge in [0.05, 0.1) is 26.2 Å². The van der Waals surface area contributed by atoms with Gasteiger partial charge in [0, 0.05) is 38.4 Å². The summed E-state index contributed by atoms with van der Waals surface area (Å²) in [6.45, 7) is 4.81. The first-order valence-electron chi connectivity index (χ1n) is 14.2. The van der Waals surface area contributed by atoms with Crippen molar-refractivity contribution in [1.29, 1.82) is 0 Å². The van der Waals surface area contributed by atoms with E-state index in [0.717, 1.165) is 37.1 Å². The maximum absolute atomic E-state index is 11.9. The second-order valence-corrected chi connectivity index (χ2v) is 11.1. The van der Waals surface area contributed by atoms with Crippen LogP contribution in [0.3, 0.4) is 0 Å². The standard InChI is InChI=1S/C31H38N2O7/c1-20(23-6-8-26-24(17-23)11-13-39-26)32(18-21-3-5-25(15-21)31(36)37)19-22-4-7-27(28(16-22)38-2)40-14-12-33-29(34)9-10-30(33)35/h4,6-8,16-17,20-21,25H,3,5,9-15,18-19H2,1-2H3,(H,36,37)/t20?,21-,25+/m0/s1. The molecule has 5 rings (SSSR count). The molecule has 0 aromatic heterocycles. The van der Waals surface area contributed by atoms with E-state index < -0.39 is 5.97 Å². The molecule has 2 heterocycles. The van der Waals surface area contributed by atoms with Gasteiger partial charge < -0.3 is 19.3 Å². The van der Waals surface area contributed by atoms with Gasteiger partial charge in [-0.15, -0.1) is 0 Å². The van der Waals surface area contributed by atoms with E-state index in [1.165, 1.54) is 16.0 Å². The number of ether oxygens (including phenoxy) is 3. The highest BCUT2D eigenvalue weighted by molar-refractivity contribution is 6.01. The first-order valence-corrected chi connectivity index (χ1v) is 14.2. The fourth-order valence-electron chi connectivity index (χ4n) is 6.12. The maximum Gasteiger partial charge on any atom is 0.306 e. The lowest BCUT2D eigenvalue weighted by atomic mass is 9.99. The molecule has 0 radical (unpaired) electrons. The van der Waals surface area contributed by atoms with E-state index in [9.17, 15) is 19.5 Å². The predicted molar refractivity (Wildman–Crippen MR) is 147 cm³/mol. The molecule has 40 heavy (non-hydrogen) atoms. The quantitative estimate of drug-likeness (QED) is 0.392. The van der Waals surface area contributed by atoms with Gasteiger partial charge >= 0.3 is 5.97 Å². The molecule has 2 aromatic rings. The Hall–Kier alpha value is -3.59. The highest BCUT2D eigenvalue weighted by atomic mass is 16.5. The minimum Gasteiger partial charge on any atom is -0.493 e. The molecule has 1 aliphatic carbocycles. The zero-order valence-electron chi connectivity index (χ0n) is 23.3. The number of amides is 2. The Morgan fingerprint density at radius 2 is 1.90 bits per heavy atom. The average Bonchev–Trinajstić information content (AvgIpc) is 3.69. The van der Waals surface area contributed by atoms with Crippen molar-refractivity contribution >= 4 is 17.8 Å². The fraction of sp³-hybridized carbons (Fsp3) is 0.516. The van der Waals surface area contributed by atoms with E-state index in [0.29, 0.717) is 37.0 Å². The molecular formula is C31H38N2O7. The number of hydrogen-bond donors (Lipinski definition) is 1. The van der Waals surface area contributed by atoms with Crippen LogP contribution < -0.4 is 14.2 Å². The minimum atomic E-state index is -0.695. The van der Waals surface area contributed by atoms with Crippen LogP contribution in [-0.4, -0.2) is 66.1 Å². The fourth-order valence-corrected chi connectivity index (χ4v) is 6.12. The van der Waals surface area contributed by atoms with Crippen molar-refractivity contribution in [3.05, 3.63) is 53.1 Å². The van der Waals surface area contributed by atoms with Crippen molar-refractivity contribution in [2.75, 3.05) is 33.4 Å². The third-order valence-electron chi connectivity index (χ3n) is 8.47. The number of imide groups is 1. The summed E-state index contributed by atoms with van der Waals surface area (Å²) in [5.74, 6) is 1.16. The van der Waals surface area contributed by atoms with Crippen LogP contribution in [0.1, 0.15) is 61.8 Å². The van der Waals surface area contributed by atoms with Crippen molar-refractivity contribution in [2.45, 2.75) is 58.0 Å². The van der Waals surface area contributed by atoms with Crippen molar-refractivity contribution in [2.24, 2.45) is 11.8 Å². The average molecular weight is 551 g/mol. The van der Waals surface area contributed by atoms with Gasteiger partial charge in [0.2, 0.25) is 11.8 Å². The first-order chi connectivity index (χ1) is 19.3. The molecule has 3 aliphatic rings. The van der Waals surface area contributed by atoms with Crippen molar-refractivity contribution in [3.8, 4) is 17.2 Å². The number of methoxy groups -OCH3 is 1. The Balaban J connectivity index is 1.30. The third-order valence-corrected chi connectivity index (χ3v) is 8.47. The molecule has 0 spiro atoms. The minimum absolute atomic E-state index is 0.118. The molecule has 1 N–H and O–H groups in total. The summed E-state index contributed by atoms with van der Waals surface area (Å²) in [5, 5.41) is 9.52. The Morgan fingerprint density at radius 3 is 2.62 bits per heavy atom. The van der Waals surface area contributed by atoms with Crippen LogP contribution in [0.4, 0.5) is 0 Å². The zero-order chi connectivity index (χ0) is 28.2. The summed E-state index contributed by atoms with van der Waals surface area (Å²) < 4.78 is 17.2. The molecule has 2 aliphatic heterocycles. The van der Waals surface area contributed by atoms with E-state index in [4.69, 9.17) is 14.2 Å². The number of rotatable bonds is 12. The number of fused-ring (bicyclic) bond motifs is 1. The number of carbonyl (C=O) groups is 3. The van der Waals surface area contributed by atoms with E-state index in [-0.39, 0.29) is 49.8 Å². The van der Waals surface area contributed by atoms with Crippen molar-refractivity contribution in [3.63, 3.8) is 0 Å². The summed E-state index contributed by atoms with van der Waals surface area (Å²) in [6.07, 6.45) is 3.79. The van der Waals surface area contributed by atoms with Gasteiger partial charge in [0.1, 0.15) is 12.4 Å². The largest absolute Gasteiger partial charge is 0.493 e. The zero-order valence-corrected chi connectivity index (χ0v) is 23.3. The summed E-state index contributed by atoms with van der Waals surface area (Å²) in [6, 6.07) is 12.4. The van der Waals surface area contributed by atoms with Crippen LogP contribution in [0.5, 0.6) is 17.2 Å². The molecule has 1 unspecified atom stereocenters. The maximum atomic E-state index is 11.9. The highest BCUT2D eigenvalue weighted by Crippen LogP contribution is 2.36. The van der Waals surface area contributed by atoms with Gasteiger partial charge in [-0.2, -0.15) is 0 Å². The van der Waals surface area contributed by atoms with E-state index in [2.05, 4.69) is 30.0 Å².